The molecule has 4 nitrogen and oxygen atoms in total. The SMILES string of the molecule is Clc1nc(Sc2ccc(Br)cc2)nc(N2CCCC2)n1. The highest BCUT2D eigenvalue weighted by Gasteiger charge is 2.17. The Balaban J connectivity index is 1.83. The predicted molar refractivity (Wildman–Crippen MR) is 84.5 cm³/mol. The monoisotopic (exact) mass is 370 g/mol. The number of aromatic nitrogens is 3. The van der Waals surface area contributed by atoms with Crippen LogP contribution in [0.2, 0.25) is 5.28 Å². The third-order valence-electron chi connectivity index (χ3n) is 2.99. The van der Waals surface area contributed by atoms with Crippen LogP contribution in [0.15, 0.2) is 38.8 Å². The molecular weight excluding hydrogens is 360 g/mol. The fourth-order valence-electron chi connectivity index (χ4n) is 2.03. The van der Waals surface area contributed by atoms with Crippen molar-refractivity contribution in [3.05, 3.63) is 34.0 Å². The molecule has 0 bridgehead atoms. The van der Waals surface area contributed by atoms with Crippen LogP contribution in [0.1, 0.15) is 12.8 Å². The zero-order valence-electron chi connectivity index (χ0n) is 10.6. The van der Waals surface area contributed by atoms with Gasteiger partial charge in [-0.25, -0.2) is 0 Å². The summed E-state index contributed by atoms with van der Waals surface area (Å²) in [6.45, 7) is 1.98. The molecule has 0 amide bonds. The lowest BCUT2D eigenvalue weighted by atomic mass is 10.4. The maximum absolute atomic E-state index is 6.01. The number of anilines is 1. The van der Waals surface area contributed by atoms with Gasteiger partial charge in [-0.1, -0.05) is 15.9 Å². The molecule has 20 heavy (non-hydrogen) atoms. The van der Waals surface area contributed by atoms with Gasteiger partial charge < -0.3 is 4.90 Å². The lowest BCUT2D eigenvalue weighted by Gasteiger charge is -2.15. The van der Waals surface area contributed by atoms with E-state index in [-0.39, 0.29) is 5.28 Å². The van der Waals surface area contributed by atoms with E-state index in [4.69, 9.17) is 11.6 Å². The van der Waals surface area contributed by atoms with Crippen molar-refractivity contribution in [1.29, 1.82) is 0 Å². The molecule has 0 saturated carbocycles. The van der Waals surface area contributed by atoms with Crippen LogP contribution in [0.3, 0.4) is 0 Å². The van der Waals surface area contributed by atoms with Crippen molar-refractivity contribution in [1.82, 2.24) is 15.0 Å². The number of halogens is 2. The van der Waals surface area contributed by atoms with Crippen LogP contribution >= 0.6 is 39.3 Å². The molecule has 0 aliphatic carbocycles. The van der Waals surface area contributed by atoms with Crippen LogP contribution in [0.5, 0.6) is 0 Å². The van der Waals surface area contributed by atoms with Crippen molar-refractivity contribution >= 4 is 45.2 Å². The average molecular weight is 372 g/mol. The second-order valence-electron chi connectivity index (χ2n) is 4.44. The zero-order valence-corrected chi connectivity index (χ0v) is 13.7. The predicted octanol–water partition coefficient (Wildman–Crippen LogP) is 4.04. The molecule has 7 heteroatoms. The summed E-state index contributed by atoms with van der Waals surface area (Å²) in [7, 11) is 0. The van der Waals surface area contributed by atoms with Crippen LogP contribution in [-0.2, 0) is 0 Å². The lowest BCUT2D eigenvalue weighted by Crippen LogP contribution is -2.21. The Morgan fingerprint density at radius 3 is 2.45 bits per heavy atom. The van der Waals surface area contributed by atoms with Gasteiger partial charge in [0.2, 0.25) is 11.2 Å². The molecule has 1 aromatic heterocycles. The number of benzene rings is 1. The van der Waals surface area contributed by atoms with Crippen molar-refractivity contribution in [2.45, 2.75) is 22.9 Å². The highest BCUT2D eigenvalue weighted by Crippen LogP contribution is 2.28. The standard InChI is InChI=1S/C13H12BrClN4S/c14-9-3-5-10(6-4-9)20-13-17-11(15)16-12(18-13)19-7-1-2-8-19/h3-6H,1-2,7-8H2. The minimum atomic E-state index is 0.251. The van der Waals surface area contributed by atoms with Gasteiger partial charge in [0.05, 0.1) is 0 Å². The van der Waals surface area contributed by atoms with Gasteiger partial charge in [-0.15, -0.1) is 0 Å². The molecule has 1 aliphatic rings. The number of rotatable bonds is 3. The highest BCUT2D eigenvalue weighted by atomic mass is 79.9. The molecule has 0 N–H and O–H groups in total. The quantitative estimate of drug-likeness (QED) is 0.814. The normalized spacial score (nSPS) is 14.8. The fraction of sp³-hybridized carbons (Fsp3) is 0.308. The van der Waals surface area contributed by atoms with Gasteiger partial charge in [0.25, 0.3) is 0 Å². The summed E-state index contributed by atoms with van der Waals surface area (Å²) in [5.41, 5.74) is 0. The van der Waals surface area contributed by atoms with Gasteiger partial charge in [0, 0.05) is 22.5 Å². The van der Waals surface area contributed by atoms with Crippen LogP contribution in [-0.4, -0.2) is 28.0 Å². The van der Waals surface area contributed by atoms with E-state index in [1.165, 1.54) is 24.6 Å². The van der Waals surface area contributed by atoms with Gasteiger partial charge in [0.15, 0.2) is 5.16 Å². The van der Waals surface area contributed by atoms with Gasteiger partial charge in [-0.2, -0.15) is 15.0 Å². The number of hydrogen-bond acceptors (Lipinski definition) is 5. The maximum Gasteiger partial charge on any atom is 0.230 e. The molecule has 2 heterocycles. The molecular formula is C13H12BrClN4S. The Labute approximate surface area is 135 Å². The van der Waals surface area contributed by atoms with Crippen molar-refractivity contribution in [3.63, 3.8) is 0 Å². The van der Waals surface area contributed by atoms with Crippen molar-refractivity contribution < 1.29 is 0 Å². The molecule has 1 aliphatic heterocycles. The second kappa shape index (κ2) is 6.28. The summed E-state index contributed by atoms with van der Waals surface area (Å²) >= 11 is 10.9. The Hall–Kier alpha value is -0.850. The van der Waals surface area contributed by atoms with E-state index in [0.29, 0.717) is 11.1 Å². The van der Waals surface area contributed by atoms with Crippen LogP contribution in [0.25, 0.3) is 0 Å². The lowest BCUT2D eigenvalue weighted by molar-refractivity contribution is 0.826. The Morgan fingerprint density at radius 1 is 1.05 bits per heavy atom. The molecule has 104 valence electrons. The Morgan fingerprint density at radius 2 is 1.75 bits per heavy atom. The van der Waals surface area contributed by atoms with Crippen LogP contribution < -0.4 is 4.90 Å². The van der Waals surface area contributed by atoms with Gasteiger partial charge in [-0.05, 0) is 60.5 Å². The van der Waals surface area contributed by atoms with Crippen LogP contribution in [0, 0.1) is 0 Å². The van der Waals surface area contributed by atoms with E-state index >= 15 is 0 Å². The first-order chi connectivity index (χ1) is 9.70. The summed E-state index contributed by atoms with van der Waals surface area (Å²) in [6.07, 6.45) is 2.36. The topological polar surface area (TPSA) is 41.9 Å². The summed E-state index contributed by atoms with van der Waals surface area (Å²) in [6, 6.07) is 8.02. The average Bonchev–Trinajstić information content (AvgIpc) is 2.95. The van der Waals surface area contributed by atoms with Gasteiger partial charge >= 0.3 is 0 Å². The summed E-state index contributed by atoms with van der Waals surface area (Å²) in [5.74, 6) is 0.683. The molecule has 1 fully saturated rings. The summed E-state index contributed by atoms with van der Waals surface area (Å²) < 4.78 is 1.05. The third-order valence-corrected chi connectivity index (χ3v) is 4.56. The smallest absolute Gasteiger partial charge is 0.230 e. The van der Waals surface area contributed by atoms with E-state index in [2.05, 4.69) is 35.8 Å². The van der Waals surface area contributed by atoms with Gasteiger partial charge in [0.1, 0.15) is 0 Å². The zero-order chi connectivity index (χ0) is 13.9. The molecule has 0 atom stereocenters. The van der Waals surface area contributed by atoms with E-state index < -0.39 is 0 Å². The second-order valence-corrected chi connectivity index (χ2v) is 6.73. The molecule has 1 saturated heterocycles. The molecule has 1 aromatic carbocycles. The first kappa shape index (κ1) is 14.1. The van der Waals surface area contributed by atoms with E-state index in [9.17, 15) is 0 Å². The molecule has 2 aromatic rings. The minimum absolute atomic E-state index is 0.251. The molecule has 0 radical (unpaired) electrons. The van der Waals surface area contributed by atoms with E-state index in [1.54, 1.807) is 0 Å². The van der Waals surface area contributed by atoms with Gasteiger partial charge in [-0.3, -0.25) is 0 Å². The van der Waals surface area contributed by atoms with Crippen LogP contribution in [0.4, 0.5) is 5.95 Å². The largest absolute Gasteiger partial charge is 0.341 e. The van der Waals surface area contributed by atoms with Crippen molar-refractivity contribution in [2.24, 2.45) is 0 Å². The highest BCUT2D eigenvalue weighted by molar-refractivity contribution is 9.10. The third kappa shape index (κ3) is 3.42. The minimum Gasteiger partial charge on any atom is -0.341 e. The number of hydrogen-bond donors (Lipinski definition) is 0. The van der Waals surface area contributed by atoms with Crippen molar-refractivity contribution in [2.75, 3.05) is 18.0 Å². The van der Waals surface area contributed by atoms with E-state index in [1.807, 2.05) is 24.3 Å². The number of nitrogens with zero attached hydrogens (tertiary/aromatic N) is 4. The molecule has 0 unspecified atom stereocenters. The molecule has 0 spiro atoms. The Kier molecular flexibility index (Phi) is 4.43. The Bertz CT molecular complexity index is 602. The maximum atomic E-state index is 6.01. The van der Waals surface area contributed by atoms with E-state index in [0.717, 1.165) is 22.5 Å². The summed E-state index contributed by atoms with van der Waals surface area (Å²) in [5, 5.41) is 0.885. The summed E-state index contributed by atoms with van der Waals surface area (Å²) in [4.78, 5) is 16.1. The molecule has 3 rings (SSSR count). The fourth-order valence-corrected chi connectivity index (χ4v) is 3.25. The first-order valence-corrected chi connectivity index (χ1v) is 8.29. The van der Waals surface area contributed by atoms with Crippen molar-refractivity contribution in [3.8, 4) is 0 Å². The first-order valence-electron chi connectivity index (χ1n) is 6.31.